The fraction of sp³-hybridized carbons (Fsp3) is 0.300. The van der Waals surface area contributed by atoms with Crippen LogP contribution in [-0.2, 0) is 4.79 Å². The minimum absolute atomic E-state index is 0.0981. The first kappa shape index (κ1) is 21.7. The molecular weight excluding hydrogens is 378 g/mol. The molecule has 29 heavy (non-hydrogen) atoms. The Morgan fingerprint density at radius 3 is 2.41 bits per heavy atom. The molecule has 0 saturated carbocycles. The molecule has 2 amide bonds. The molecule has 0 atom stereocenters. The molecule has 0 saturated heterocycles. The van der Waals surface area contributed by atoms with Crippen LogP contribution >= 0.6 is 0 Å². The van der Waals surface area contributed by atoms with Crippen LogP contribution < -0.4 is 20.1 Å². The number of hydrogen-bond donors (Lipinski definition) is 2. The number of carbonyl (C=O) groups is 2. The van der Waals surface area contributed by atoms with Crippen molar-refractivity contribution in [1.82, 2.24) is 0 Å². The van der Waals surface area contributed by atoms with Gasteiger partial charge in [0.1, 0.15) is 5.75 Å². The highest BCUT2D eigenvalue weighted by Crippen LogP contribution is 2.30. The van der Waals surface area contributed by atoms with Crippen molar-refractivity contribution in [1.29, 1.82) is 0 Å². The number of nitro groups is 1. The average Bonchev–Trinajstić information content (AvgIpc) is 2.69. The Morgan fingerprint density at radius 2 is 1.83 bits per heavy atom. The minimum Gasteiger partial charge on any atom is -0.494 e. The van der Waals surface area contributed by atoms with Gasteiger partial charge in [-0.2, -0.15) is 0 Å². The standard InChI is InChI=1S/C20H23N3O6/c1-5-29-17-9-6-13(10-16(17)23(26)27)20(25)21-14-7-8-15(18(11-14)28-4)22-19(24)12(2)3/h6-12H,5H2,1-4H3,(H,21,25)(H,22,24). The van der Waals surface area contributed by atoms with Crippen LogP contribution in [0.2, 0.25) is 0 Å². The van der Waals surface area contributed by atoms with Crippen molar-refractivity contribution in [2.75, 3.05) is 24.4 Å². The Hall–Kier alpha value is -3.62. The number of nitro benzene ring substituents is 1. The Labute approximate surface area is 168 Å². The van der Waals surface area contributed by atoms with E-state index in [9.17, 15) is 19.7 Å². The predicted octanol–water partition coefficient (Wildman–Crippen LogP) is 3.85. The van der Waals surface area contributed by atoms with E-state index in [2.05, 4.69) is 10.6 Å². The molecular formula is C20H23N3O6. The summed E-state index contributed by atoms with van der Waals surface area (Å²) in [5, 5.41) is 16.6. The molecule has 0 aliphatic heterocycles. The smallest absolute Gasteiger partial charge is 0.311 e. The maximum atomic E-state index is 12.5. The van der Waals surface area contributed by atoms with Gasteiger partial charge in [0.05, 0.1) is 24.3 Å². The first-order chi connectivity index (χ1) is 13.8. The monoisotopic (exact) mass is 401 g/mol. The van der Waals surface area contributed by atoms with Crippen molar-refractivity contribution in [3.8, 4) is 11.5 Å². The summed E-state index contributed by atoms with van der Waals surface area (Å²) >= 11 is 0. The molecule has 0 bridgehead atoms. The maximum absolute atomic E-state index is 12.5. The Morgan fingerprint density at radius 1 is 1.10 bits per heavy atom. The molecule has 0 heterocycles. The van der Waals surface area contributed by atoms with Crippen LogP contribution in [0.15, 0.2) is 36.4 Å². The third-order valence-corrected chi connectivity index (χ3v) is 3.96. The molecule has 0 aliphatic carbocycles. The van der Waals surface area contributed by atoms with Crippen molar-refractivity contribution in [2.24, 2.45) is 5.92 Å². The van der Waals surface area contributed by atoms with Crippen molar-refractivity contribution in [3.05, 3.63) is 52.1 Å². The largest absolute Gasteiger partial charge is 0.494 e. The Kier molecular flexibility index (Phi) is 7.13. The van der Waals surface area contributed by atoms with Gasteiger partial charge in [-0.1, -0.05) is 13.8 Å². The highest BCUT2D eigenvalue weighted by molar-refractivity contribution is 6.05. The molecule has 2 rings (SSSR count). The van der Waals surface area contributed by atoms with E-state index in [1.807, 2.05) is 0 Å². The van der Waals surface area contributed by atoms with Crippen LogP contribution in [0.5, 0.6) is 11.5 Å². The van der Waals surface area contributed by atoms with Gasteiger partial charge < -0.3 is 20.1 Å². The fourth-order valence-corrected chi connectivity index (χ4v) is 2.43. The summed E-state index contributed by atoms with van der Waals surface area (Å²) in [5.41, 5.74) is 0.701. The van der Waals surface area contributed by atoms with Crippen LogP contribution in [0.4, 0.5) is 17.1 Å². The number of benzene rings is 2. The number of methoxy groups -OCH3 is 1. The molecule has 0 radical (unpaired) electrons. The van der Waals surface area contributed by atoms with Crippen LogP contribution in [0.25, 0.3) is 0 Å². The molecule has 0 unspecified atom stereocenters. The number of carbonyl (C=O) groups excluding carboxylic acids is 2. The van der Waals surface area contributed by atoms with Crippen molar-refractivity contribution < 1.29 is 24.0 Å². The summed E-state index contributed by atoms with van der Waals surface area (Å²) < 4.78 is 10.5. The molecule has 9 heteroatoms. The number of nitrogens with zero attached hydrogens (tertiary/aromatic N) is 1. The van der Waals surface area contributed by atoms with Gasteiger partial charge in [-0.3, -0.25) is 19.7 Å². The topological polar surface area (TPSA) is 120 Å². The predicted molar refractivity (Wildman–Crippen MR) is 109 cm³/mol. The highest BCUT2D eigenvalue weighted by atomic mass is 16.6. The number of anilines is 2. The van der Waals surface area contributed by atoms with Crippen LogP contribution in [0, 0.1) is 16.0 Å². The van der Waals surface area contributed by atoms with E-state index < -0.39 is 10.8 Å². The van der Waals surface area contributed by atoms with Gasteiger partial charge in [0.15, 0.2) is 5.75 Å². The molecule has 154 valence electrons. The van der Waals surface area contributed by atoms with Crippen molar-refractivity contribution in [3.63, 3.8) is 0 Å². The highest BCUT2D eigenvalue weighted by Gasteiger charge is 2.19. The van der Waals surface area contributed by atoms with E-state index >= 15 is 0 Å². The van der Waals surface area contributed by atoms with Gasteiger partial charge in [-0.25, -0.2) is 0 Å². The van der Waals surface area contributed by atoms with Gasteiger partial charge >= 0.3 is 5.69 Å². The van der Waals surface area contributed by atoms with Crippen LogP contribution in [-0.4, -0.2) is 30.5 Å². The summed E-state index contributed by atoms with van der Waals surface area (Å²) in [7, 11) is 1.45. The quantitative estimate of drug-likeness (QED) is 0.512. The summed E-state index contributed by atoms with van der Waals surface area (Å²) in [6.45, 7) is 5.52. The number of nitrogens with one attached hydrogen (secondary N) is 2. The lowest BCUT2D eigenvalue weighted by Gasteiger charge is -2.14. The van der Waals surface area contributed by atoms with E-state index in [0.717, 1.165) is 6.07 Å². The van der Waals surface area contributed by atoms with Gasteiger partial charge in [0.25, 0.3) is 5.91 Å². The van der Waals surface area contributed by atoms with E-state index in [1.54, 1.807) is 39.0 Å². The van der Waals surface area contributed by atoms with E-state index in [4.69, 9.17) is 9.47 Å². The zero-order valence-corrected chi connectivity index (χ0v) is 16.6. The molecule has 2 aromatic rings. The number of hydrogen-bond acceptors (Lipinski definition) is 6. The summed E-state index contributed by atoms with van der Waals surface area (Å²) in [6, 6.07) is 8.75. The Bertz CT molecular complexity index is 926. The van der Waals surface area contributed by atoms with E-state index in [1.165, 1.54) is 19.2 Å². The lowest BCUT2D eigenvalue weighted by atomic mass is 10.1. The summed E-state index contributed by atoms with van der Waals surface area (Å²) in [4.78, 5) is 35.0. The summed E-state index contributed by atoms with van der Waals surface area (Å²) in [5.74, 6) is -0.427. The van der Waals surface area contributed by atoms with Crippen LogP contribution in [0.1, 0.15) is 31.1 Å². The SMILES string of the molecule is CCOc1ccc(C(=O)Nc2ccc(NC(=O)C(C)C)c(OC)c2)cc1[N+](=O)[O-]. The van der Waals surface area contributed by atoms with Crippen molar-refractivity contribution >= 4 is 28.9 Å². The van der Waals surface area contributed by atoms with Gasteiger partial charge in [0, 0.05) is 29.3 Å². The second-order valence-electron chi connectivity index (χ2n) is 6.39. The number of amides is 2. The normalized spacial score (nSPS) is 10.4. The first-order valence-corrected chi connectivity index (χ1v) is 8.98. The van der Waals surface area contributed by atoms with Gasteiger partial charge in [0.2, 0.25) is 5.91 Å². The third kappa shape index (κ3) is 5.44. The second kappa shape index (κ2) is 9.54. The zero-order valence-electron chi connectivity index (χ0n) is 16.6. The molecule has 2 aromatic carbocycles. The lowest BCUT2D eigenvalue weighted by molar-refractivity contribution is -0.385. The zero-order chi connectivity index (χ0) is 21.6. The van der Waals surface area contributed by atoms with Gasteiger partial charge in [-0.15, -0.1) is 0 Å². The van der Waals surface area contributed by atoms with Crippen LogP contribution in [0.3, 0.4) is 0 Å². The van der Waals surface area contributed by atoms with Crippen molar-refractivity contribution in [2.45, 2.75) is 20.8 Å². The molecule has 0 aliphatic rings. The minimum atomic E-state index is -0.600. The first-order valence-electron chi connectivity index (χ1n) is 8.98. The molecule has 2 N–H and O–H groups in total. The summed E-state index contributed by atoms with van der Waals surface area (Å²) in [6.07, 6.45) is 0. The molecule has 0 aromatic heterocycles. The van der Waals surface area contributed by atoms with E-state index in [0.29, 0.717) is 17.1 Å². The second-order valence-corrected chi connectivity index (χ2v) is 6.39. The molecule has 0 spiro atoms. The Balaban J connectivity index is 2.23. The third-order valence-electron chi connectivity index (χ3n) is 3.96. The average molecular weight is 401 g/mol. The number of rotatable bonds is 8. The molecule has 9 nitrogen and oxygen atoms in total. The van der Waals surface area contributed by atoms with E-state index in [-0.39, 0.29) is 35.4 Å². The maximum Gasteiger partial charge on any atom is 0.311 e. The fourth-order valence-electron chi connectivity index (χ4n) is 2.43. The lowest BCUT2D eigenvalue weighted by Crippen LogP contribution is -2.18. The molecule has 0 fully saturated rings. The number of ether oxygens (including phenoxy) is 2. The van der Waals surface area contributed by atoms with Gasteiger partial charge in [-0.05, 0) is 31.2 Å².